The van der Waals surface area contributed by atoms with Crippen LogP contribution in [0.3, 0.4) is 0 Å². The molecule has 7 heteroatoms. The molecule has 1 N–H and O–H groups in total. The number of aromatic nitrogens is 2. The number of hydrogen-bond donors (Lipinski definition) is 1. The third-order valence-electron chi connectivity index (χ3n) is 5.66. The van der Waals surface area contributed by atoms with Crippen LogP contribution in [0.1, 0.15) is 0 Å². The summed E-state index contributed by atoms with van der Waals surface area (Å²) in [5.41, 5.74) is 1.20. The van der Waals surface area contributed by atoms with Gasteiger partial charge >= 0.3 is 5.69 Å². The van der Waals surface area contributed by atoms with E-state index in [9.17, 15) is 9.18 Å². The fraction of sp³-hybridized carbons (Fsp3) is 0.333. The largest absolute Gasteiger partial charge is 0.367 e. The molecule has 0 bridgehead atoms. The molecule has 2 aliphatic heterocycles. The number of rotatable bonds is 3. The van der Waals surface area contributed by atoms with Gasteiger partial charge in [-0.2, -0.15) is 4.98 Å². The second-order valence-corrected chi connectivity index (χ2v) is 7.45. The molecular formula is C21H22FN5O. The predicted octanol–water partition coefficient (Wildman–Crippen LogP) is 2.15. The normalized spacial score (nSPS) is 19.6. The number of nitrogens with zero attached hydrogens (tertiary/aromatic N) is 4. The van der Waals surface area contributed by atoms with E-state index in [1.165, 1.54) is 6.07 Å². The smallest absolute Gasteiger partial charge is 0.349 e. The summed E-state index contributed by atoms with van der Waals surface area (Å²) in [5, 5.41) is 4.51. The lowest BCUT2D eigenvalue weighted by Gasteiger charge is -2.37. The maximum atomic E-state index is 14.0. The Balaban J connectivity index is 1.26. The van der Waals surface area contributed by atoms with Gasteiger partial charge in [-0.15, -0.1) is 0 Å². The molecule has 3 heterocycles. The second kappa shape index (κ2) is 6.91. The van der Waals surface area contributed by atoms with E-state index in [0.717, 1.165) is 49.4 Å². The SMILES string of the molecule is O=c1nc2ccccc2c2n1C[C@H](CN1CCN(c3ccccc3F)CC1)N2. The van der Waals surface area contributed by atoms with E-state index in [1.807, 2.05) is 36.4 Å². The molecule has 0 aliphatic carbocycles. The van der Waals surface area contributed by atoms with Crippen LogP contribution < -0.4 is 15.9 Å². The maximum absolute atomic E-state index is 14.0. The number of anilines is 2. The summed E-state index contributed by atoms with van der Waals surface area (Å²) in [6.45, 7) is 4.81. The Morgan fingerprint density at radius 2 is 1.79 bits per heavy atom. The van der Waals surface area contributed by atoms with Gasteiger partial charge in [-0.25, -0.2) is 9.18 Å². The lowest BCUT2D eigenvalue weighted by molar-refractivity contribution is 0.244. The van der Waals surface area contributed by atoms with Crippen molar-refractivity contribution in [3.05, 3.63) is 64.8 Å². The van der Waals surface area contributed by atoms with Crippen molar-refractivity contribution in [1.29, 1.82) is 0 Å². The van der Waals surface area contributed by atoms with E-state index >= 15 is 0 Å². The van der Waals surface area contributed by atoms with Crippen LogP contribution in [-0.4, -0.2) is 53.2 Å². The lowest BCUT2D eigenvalue weighted by Crippen LogP contribution is -2.49. The maximum Gasteiger partial charge on any atom is 0.349 e. The minimum absolute atomic E-state index is 0.164. The van der Waals surface area contributed by atoms with Crippen molar-refractivity contribution in [2.75, 3.05) is 42.9 Å². The highest BCUT2D eigenvalue weighted by atomic mass is 19.1. The van der Waals surface area contributed by atoms with Crippen LogP contribution >= 0.6 is 0 Å². The van der Waals surface area contributed by atoms with E-state index in [-0.39, 0.29) is 17.5 Å². The van der Waals surface area contributed by atoms with Gasteiger partial charge in [-0.05, 0) is 24.3 Å². The molecule has 2 aromatic carbocycles. The minimum Gasteiger partial charge on any atom is -0.367 e. The van der Waals surface area contributed by atoms with Crippen LogP contribution in [0.4, 0.5) is 15.9 Å². The number of halogens is 1. The fourth-order valence-corrected chi connectivity index (χ4v) is 4.25. The first-order chi connectivity index (χ1) is 13.7. The Morgan fingerprint density at radius 3 is 2.61 bits per heavy atom. The molecule has 1 atom stereocenters. The Labute approximate surface area is 162 Å². The van der Waals surface area contributed by atoms with Crippen LogP contribution in [0.5, 0.6) is 0 Å². The van der Waals surface area contributed by atoms with Crippen molar-refractivity contribution in [1.82, 2.24) is 14.5 Å². The summed E-state index contributed by atoms with van der Waals surface area (Å²) in [5.74, 6) is 0.702. The highest BCUT2D eigenvalue weighted by Crippen LogP contribution is 2.26. The van der Waals surface area contributed by atoms with Gasteiger partial charge in [0.1, 0.15) is 11.6 Å². The first-order valence-corrected chi connectivity index (χ1v) is 9.67. The van der Waals surface area contributed by atoms with E-state index in [4.69, 9.17) is 0 Å². The second-order valence-electron chi connectivity index (χ2n) is 7.45. The molecule has 5 rings (SSSR count). The van der Waals surface area contributed by atoms with Gasteiger partial charge in [0, 0.05) is 38.1 Å². The Bertz CT molecular complexity index is 1070. The van der Waals surface area contributed by atoms with Crippen LogP contribution in [0, 0.1) is 5.82 Å². The van der Waals surface area contributed by atoms with Gasteiger partial charge < -0.3 is 10.2 Å². The molecule has 2 aliphatic rings. The van der Waals surface area contributed by atoms with Crippen molar-refractivity contribution in [2.45, 2.75) is 12.6 Å². The zero-order chi connectivity index (χ0) is 19.1. The quantitative estimate of drug-likeness (QED) is 0.756. The van der Waals surface area contributed by atoms with E-state index in [1.54, 1.807) is 10.6 Å². The summed E-state index contributed by atoms with van der Waals surface area (Å²) in [6, 6.07) is 14.8. The summed E-state index contributed by atoms with van der Waals surface area (Å²) in [4.78, 5) is 21.0. The van der Waals surface area contributed by atoms with Crippen LogP contribution in [-0.2, 0) is 6.54 Å². The van der Waals surface area contributed by atoms with Gasteiger partial charge in [-0.1, -0.05) is 24.3 Å². The van der Waals surface area contributed by atoms with Crippen LogP contribution in [0.15, 0.2) is 53.3 Å². The van der Waals surface area contributed by atoms with Crippen molar-refractivity contribution in [3.63, 3.8) is 0 Å². The molecule has 144 valence electrons. The summed E-state index contributed by atoms with van der Waals surface area (Å²) >= 11 is 0. The van der Waals surface area contributed by atoms with E-state index in [0.29, 0.717) is 12.2 Å². The molecule has 0 amide bonds. The predicted molar refractivity (Wildman–Crippen MR) is 108 cm³/mol. The summed E-state index contributed by atoms with van der Waals surface area (Å²) in [6.07, 6.45) is 0. The van der Waals surface area contributed by atoms with Crippen LogP contribution in [0.25, 0.3) is 10.9 Å². The highest BCUT2D eigenvalue weighted by Gasteiger charge is 2.27. The van der Waals surface area contributed by atoms with Gasteiger partial charge in [0.2, 0.25) is 0 Å². The lowest BCUT2D eigenvalue weighted by atomic mass is 10.2. The van der Waals surface area contributed by atoms with Crippen molar-refractivity contribution in [3.8, 4) is 0 Å². The molecule has 0 spiro atoms. The standard InChI is InChI=1S/C21H22FN5O/c22-17-6-2-4-8-19(17)26-11-9-25(10-12-26)13-15-14-27-20(23-15)16-5-1-3-7-18(16)24-21(27)28/h1-8,15,23H,9-14H2/t15-/m0/s1. The number of piperazine rings is 1. The molecule has 0 saturated carbocycles. The third kappa shape index (κ3) is 3.01. The molecule has 3 aromatic rings. The minimum atomic E-state index is -0.201. The van der Waals surface area contributed by atoms with Gasteiger partial charge in [-0.3, -0.25) is 9.47 Å². The molecule has 1 saturated heterocycles. The molecule has 0 unspecified atom stereocenters. The molecule has 1 aromatic heterocycles. The monoisotopic (exact) mass is 379 g/mol. The third-order valence-corrected chi connectivity index (χ3v) is 5.66. The first-order valence-electron chi connectivity index (χ1n) is 9.67. The number of nitrogens with one attached hydrogen (secondary N) is 1. The number of hydrogen-bond acceptors (Lipinski definition) is 5. The van der Waals surface area contributed by atoms with Gasteiger partial charge in [0.05, 0.1) is 23.8 Å². The molecular weight excluding hydrogens is 357 g/mol. The topological polar surface area (TPSA) is 53.4 Å². The van der Waals surface area contributed by atoms with Gasteiger partial charge in [0.25, 0.3) is 0 Å². The average molecular weight is 379 g/mol. The Morgan fingerprint density at radius 1 is 1.04 bits per heavy atom. The van der Waals surface area contributed by atoms with Gasteiger partial charge in [0.15, 0.2) is 0 Å². The zero-order valence-corrected chi connectivity index (χ0v) is 15.5. The summed E-state index contributed by atoms with van der Waals surface area (Å²) in [7, 11) is 0. The zero-order valence-electron chi connectivity index (χ0n) is 15.5. The highest BCUT2D eigenvalue weighted by molar-refractivity contribution is 5.89. The molecule has 28 heavy (non-hydrogen) atoms. The van der Waals surface area contributed by atoms with Crippen molar-refractivity contribution >= 4 is 22.4 Å². The van der Waals surface area contributed by atoms with Crippen molar-refractivity contribution in [2.24, 2.45) is 0 Å². The van der Waals surface area contributed by atoms with E-state index in [2.05, 4.69) is 20.1 Å². The number of fused-ring (bicyclic) bond motifs is 3. The first kappa shape index (κ1) is 17.2. The van der Waals surface area contributed by atoms with Crippen LogP contribution in [0.2, 0.25) is 0 Å². The summed E-state index contributed by atoms with van der Waals surface area (Å²) < 4.78 is 15.8. The molecule has 1 fully saturated rings. The average Bonchev–Trinajstić information content (AvgIpc) is 3.14. The molecule has 0 radical (unpaired) electrons. The number of benzene rings is 2. The van der Waals surface area contributed by atoms with E-state index < -0.39 is 0 Å². The Hall–Kier alpha value is -2.93. The Kier molecular flexibility index (Phi) is 4.24. The molecule has 6 nitrogen and oxygen atoms in total. The number of para-hydroxylation sites is 2. The van der Waals surface area contributed by atoms with Crippen molar-refractivity contribution < 1.29 is 4.39 Å². The fourth-order valence-electron chi connectivity index (χ4n) is 4.25.